The number of hydrogen-bond donors (Lipinski definition) is 0. The van der Waals surface area contributed by atoms with Crippen LogP contribution in [0, 0.1) is 11.8 Å². The van der Waals surface area contributed by atoms with Crippen molar-refractivity contribution in [3.05, 3.63) is 72.2 Å². The van der Waals surface area contributed by atoms with Crippen molar-refractivity contribution in [2.24, 2.45) is 18.9 Å². The summed E-state index contributed by atoms with van der Waals surface area (Å²) in [5.74, 6) is 1.02. The van der Waals surface area contributed by atoms with E-state index in [1.54, 1.807) is 0 Å². The number of rotatable bonds is 5. The SMILES string of the molecule is Cn1cc(CN2CC3CN(C(=O)OC(C)(C)C)CC3C2)c(-c2cc[n+](Cc3ccccc3)cc2)n1. The zero-order valence-electron chi connectivity index (χ0n) is 21.2. The second kappa shape index (κ2) is 9.46. The Hall–Kier alpha value is -3.19. The van der Waals surface area contributed by atoms with Crippen LogP contribution in [0.1, 0.15) is 31.9 Å². The maximum absolute atomic E-state index is 12.5. The number of aromatic nitrogens is 3. The molecule has 0 spiro atoms. The van der Waals surface area contributed by atoms with Gasteiger partial charge in [0, 0.05) is 74.8 Å². The smallest absolute Gasteiger partial charge is 0.410 e. The van der Waals surface area contributed by atoms with Crippen molar-refractivity contribution in [2.45, 2.75) is 39.5 Å². The van der Waals surface area contributed by atoms with Gasteiger partial charge in [-0.1, -0.05) is 30.3 Å². The Morgan fingerprint density at radius 3 is 2.31 bits per heavy atom. The van der Waals surface area contributed by atoms with Gasteiger partial charge >= 0.3 is 6.09 Å². The highest BCUT2D eigenvalue weighted by atomic mass is 16.6. The number of nitrogens with zero attached hydrogens (tertiary/aromatic N) is 5. The maximum atomic E-state index is 12.5. The largest absolute Gasteiger partial charge is 0.444 e. The highest BCUT2D eigenvalue weighted by Gasteiger charge is 2.42. The van der Waals surface area contributed by atoms with E-state index in [0.29, 0.717) is 11.8 Å². The molecule has 7 nitrogen and oxygen atoms in total. The summed E-state index contributed by atoms with van der Waals surface area (Å²) < 4.78 is 9.69. The van der Waals surface area contributed by atoms with Crippen LogP contribution in [0.5, 0.6) is 0 Å². The molecule has 4 heterocycles. The van der Waals surface area contributed by atoms with Crippen molar-refractivity contribution in [1.82, 2.24) is 19.6 Å². The fourth-order valence-corrected chi connectivity index (χ4v) is 5.35. The summed E-state index contributed by atoms with van der Waals surface area (Å²) in [4.78, 5) is 16.9. The second-order valence-electron chi connectivity index (χ2n) is 11.0. The van der Waals surface area contributed by atoms with Gasteiger partial charge < -0.3 is 9.64 Å². The Kier molecular flexibility index (Phi) is 6.36. The van der Waals surface area contributed by atoms with Crippen LogP contribution in [0.2, 0.25) is 0 Å². The van der Waals surface area contributed by atoms with Crippen molar-refractivity contribution in [1.29, 1.82) is 0 Å². The lowest BCUT2D eigenvalue weighted by Crippen LogP contribution is -2.37. The summed E-state index contributed by atoms with van der Waals surface area (Å²) in [6.45, 7) is 11.1. The number of carbonyl (C=O) groups is 1. The van der Waals surface area contributed by atoms with Gasteiger partial charge in [0.05, 0.1) is 5.69 Å². The minimum absolute atomic E-state index is 0.179. The van der Waals surface area contributed by atoms with Crippen LogP contribution in [0.25, 0.3) is 11.3 Å². The normalized spacial score (nSPS) is 20.3. The molecule has 1 amide bonds. The number of ether oxygens (including phenoxy) is 1. The molecular weight excluding hydrogens is 438 g/mol. The Morgan fingerprint density at radius 1 is 1.03 bits per heavy atom. The van der Waals surface area contributed by atoms with E-state index in [9.17, 15) is 4.79 Å². The van der Waals surface area contributed by atoms with Crippen molar-refractivity contribution in [3.8, 4) is 11.3 Å². The Labute approximate surface area is 207 Å². The highest BCUT2D eigenvalue weighted by Crippen LogP contribution is 2.33. The van der Waals surface area contributed by atoms with Crippen molar-refractivity contribution in [2.75, 3.05) is 26.2 Å². The van der Waals surface area contributed by atoms with Crippen molar-refractivity contribution >= 4 is 6.09 Å². The minimum Gasteiger partial charge on any atom is -0.444 e. The lowest BCUT2D eigenvalue weighted by molar-refractivity contribution is -0.688. The molecule has 1 aromatic carbocycles. The molecule has 3 aromatic rings. The topological polar surface area (TPSA) is 54.5 Å². The summed E-state index contributed by atoms with van der Waals surface area (Å²) in [6.07, 6.45) is 6.22. The van der Waals surface area contributed by atoms with Gasteiger partial charge in [0.15, 0.2) is 18.9 Å². The van der Waals surface area contributed by atoms with Gasteiger partial charge in [-0.3, -0.25) is 9.58 Å². The molecule has 0 bridgehead atoms. The quantitative estimate of drug-likeness (QED) is 0.529. The fraction of sp³-hybridized carbons (Fsp3) is 0.464. The molecule has 0 radical (unpaired) electrons. The molecule has 2 aliphatic heterocycles. The molecule has 5 rings (SSSR count). The van der Waals surface area contributed by atoms with Crippen LogP contribution in [0.4, 0.5) is 4.79 Å². The van der Waals surface area contributed by atoms with E-state index in [1.165, 1.54) is 11.1 Å². The van der Waals surface area contributed by atoms with Gasteiger partial charge in [0.1, 0.15) is 5.60 Å². The predicted molar refractivity (Wildman–Crippen MR) is 134 cm³/mol. The zero-order chi connectivity index (χ0) is 24.6. The van der Waals surface area contributed by atoms with Gasteiger partial charge in [-0.2, -0.15) is 5.10 Å². The standard InChI is InChI=1S/C28H36N5O2/c1-28(2,3)35-27(34)33-19-23-16-32(17-24(23)20-33)18-25-15-30(4)29-26(25)22-10-12-31(13-11-22)14-21-8-6-5-7-9-21/h5-13,15,23-24H,14,16-20H2,1-4H3/q+1. The molecule has 0 saturated carbocycles. The number of pyridine rings is 1. The van der Waals surface area contributed by atoms with Crippen LogP contribution in [0.3, 0.4) is 0 Å². The lowest BCUT2D eigenvalue weighted by atomic mass is 10.0. The number of likely N-dealkylation sites (tertiary alicyclic amines) is 2. The van der Waals surface area contributed by atoms with Crippen LogP contribution >= 0.6 is 0 Å². The third kappa shape index (κ3) is 5.56. The van der Waals surface area contributed by atoms with Gasteiger partial charge in [-0.15, -0.1) is 0 Å². The molecule has 184 valence electrons. The van der Waals surface area contributed by atoms with E-state index >= 15 is 0 Å². The van der Waals surface area contributed by atoms with E-state index in [-0.39, 0.29) is 6.09 Å². The molecule has 2 atom stereocenters. The third-order valence-electron chi connectivity index (χ3n) is 6.88. The van der Waals surface area contributed by atoms with E-state index in [4.69, 9.17) is 9.84 Å². The van der Waals surface area contributed by atoms with Gasteiger partial charge in [0.2, 0.25) is 0 Å². The summed E-state index contributed by atoms with van der Waals surface area (Å²) >= 11 is 0. The monoisotopic (exact) mass is 474 g/mol. The van der Waals surface area contributed by atoms with E-state index in [1.807, 2.05) is 43.5 Å². The zero-order valence-corrected chi connectivity index (χ0v) is 21.2. The number of fused-ring (bicyclic) bond motifs is 1. The van der Waals surface area contributed by atoms with E-state index < -0.39 is 5.60 Å². The molecule has 2 saturated heterocycles. The lowest BCUT2D eigenvalue weighted by Gasteiger charge is -2.26. The third-order valence-corrected chi connectivity index (χ3v) is 6.88. The van der Waals surface area contributed by atoms with Crippen molar-refractivity contribution in [3.63, 3.8) is 0 Å². The maximum Gasteiger partial charge on any atom is 0.410 e. The van der Waals surface area contributed by atoms with Gasteiger partial charge in [0.25, 0.3) is 0 Å². The van der Waals surface area contributed by atoms with Crippen LogP contribution < -0.4 is 4.57 Å². The number of carbonyl (C=O) groups excluding carboxylic acids is 1. The molecule has 0 N–H and O–H groups in total. The first kappa shape index (κ1) is 23.5. The number of hydrogen-bond acceptors (Lipinski definition) is 4. The van der Waals surface area contributed by atoms with Gasteiger partial charge in [-0.05, 0) is 32.6 Å². The summed E-state index contributed by atoms with van der Waals surface area (Å²) in [6, 6.07) is 14.8. The molecular formula is C28H36N5O2+. The van der Waals surface area contributed by atoms with E-state index in [0.717, 1.165) is 50.5 Å². The average molecular weight is 475 g/mol. The Bertz CT molecular complexity index is 1150. The fourth-order valence-electron chi connectivity index (χ4n) is 5.35. The van der Waals surface area contributed by atoms with Crippen LogP contribution in [0.15, 0.2) is 61.1 Å². The second-order valence-corrected chi connectivity index (χ2v) is 11.0. The van der Waals surface area contributed by atoms with Crippen LogP contribution in [-0.2, 0) is 24.9 Å². The predicted octanol–water partition coefficient (Wildman–Crippen LogP) is 3.72. The molecule has 7 heteroatoms. The molecule has 35 heavy (non-hydrogen) atoms. The van der Waals surface area contributed by atoms with Crippen LogP contribution in [-0.4, -0.2) is 57.5 Å². The first-order chi connectivity index (χ1) is 16.7. The average Bonchev–Trinajstić information content (AvgIpc) is 3.47. The summed E-state index contributed by atoms with van der Waals surface area (Å²) in [5.41, 5.74) is 4.27. The summed E-state index contributed by atoms with van der Waals surface area (Å²) in [5, 5.41) is 4.79. The minimum atomic E-state index is -0.449. The molecule has 2 fully saturated rings. The molecule has 2 aliphatic rings. The number of amides is 1. The first-order valence-electron chi connectivity index (χ1n) is 12.5. The first-order valence-corrected chi connectivity index (χ1v) is 12.5. The van der Waals surface area contributed by atoms with Crippen molar-refractivity contribution < 1.29 is 14.1 Å². The van der Waals surface area contributed by atoms with Gasteiger partial charge in [-0.25, -0.2) is 9.36 Å². The Balaban J connectivity index is 1.21. The summed E-state index contributed by atoms with van der Waals surface area (Å²) in [7, 11) is 1.99. The number of benzene rings is 1. The Morgan fingerprint density at radius 2 is 1.69 bits per heavy atom. The molecule has 2 aromatic heterocycles. The highest BCUT2D eigenvalue weighted by molar-refractivity contribution is 5.68. The van der Waals surface area contributed by atoms with E-state index in [2.05, 4.69) is 64.5 Å². The molecule has 0 aliphatic carbocycles. The molecule has 2 unspecified atom stereocenters. The number of aryl methyl sites for hydroxylation is 1.